The summed E-state index contributed by atoms with van der Waals surface area (Å²) in [5, 5.41) is 7.81. The van der Waals surface area contributed by atoms with Crippen LogP contribution in [0.15, 0.2) is 52.9 Å². The van der Waals surface area contributed by atoms with Gasteiger partial charge in [0, 0.05) is 44.8 Å². The molecule has 0 spiro atoms. The van der Waals surface area contributed by atoms with Gasteiger partial charge in [-0.25, -0.2) is 4.98 Å². The van der Waals surface area contributed by atoms with Gasteiger partial charge in [-0.05, 0) is 61.6 Å². The molecule has 146 valence electrons. The maximum absolute atomic E-state index is 12.7. The third kappa shape index (κ3) is 3.66. The Morgan fingerprint density at radius 2 is 2.17 bits per heavy atom. The Morgan fingerprint density at radius 1 is 1.31 bits per heavy atom. The van der Waals surface area contributed by atoms with Crippen LogP contribution in [0.3, 0.4) is 0 Å². The molecule has 0 unspecified atom stereocenters. The van der Waals surface area contributed by atoms with Gasteiger partial charge in [0.15, 0.2) is 5.13 Å². The third-order valence-corrected chi connectivity index (χ3v) is 6.38. The van der Waals surface area contributed by atoms with Gasteiger partial charge in [-0.3, -0.25) is 9.78 Å². The largest absolute Gasteiger partial charge is 0.355 e. The van der Waals surface area contributed by atoms with Crippen LogP contribution in [0.5, 0.6) is 0 Å². The maximum atomic E-state index is 12.7. The minimum atomic E-state index is -0.196. The zero-order valence-corrected chi connectivity index (χ0v) is 17.3. The molecule has 1 saturated carbocycles. The van der Waals surface area contributed by atoms with Gasteiger partial charge in [-0.15, -0.1) is 11.3 Å². The molecule has 5 nitrogen and oxygen atoms in total. The molecule has 3 heterocycles. The van der Waals surface area contributed by atoms with E-state index in [-0.39, 0.29) is 11.6 Å². The molecule has 0 amide bonds. The van der Waals surface area contributed by atoms with E-state index < -0.39 is 0 Å². The van der Waals surface area contributed by atoms with Crippen molar-refractivity contribution < 1.29 is 0 Å². The number of anilines is 1. The molecule has 0 bridgehead atoms. The highest BCUT2D eigenvalue weighted by Gasteiger charge is 2.26. The third-order valence-electron chi connectivity index (χ3n) is 5.28. The minimum absolute atomic E-state index is 0.0920. The van der Waals surface area contributed by atoms with Crippen molar-refractivity contribution in [1.82, 2.24) is 15.0 Å². The first-order valence-electron chi connectivity index (χ1n) is 9.57. The van der Waals surface area contributed by atoms with Crippen LogP contribution in [0.1, 0.15) is 42.9 Å². The number of aromatic amines is 1. The summed E-state index contributed by atoms with van der Waals surface area (Å²) in [6, 6.07) is 9.57. The number of nitrogens with zero attached hydrogens (tertiary/aromatic N) is 2. The summed E-state index contributed by atoms with van der Waals surface area (Å²) in [7, 11) is 0. The monoisotopic (exact) mass is 422 g/mol. The van der Waals surface area contributed by atoms with Gasteiger partial charge in [0.05, 0.1) is 11.7 Å². The zero-order valence-electron chi connectivity index (χ0n) is 15.8. The van der Waals surface area contributed by atoms with Crippen molar-refractivity contribution in [2.45, 2.75) is 31.7 Å². The van der Waals surface area contributed by atoms with Crippen LogP contribution in [0.25, 0.3) is 22.2 Å². The smallest absolute Gasteiger partial charge is 0.253 e. The van der Waals surface area contributed by atoms with Crippen LogP contribution < -0.4 is 10.9 Å². The maximum Gasteiger partial charge on any atom is 0.253 e. The summed E-state index contributed by atoms with van der Waals surface area (Å²) in [5.74, 6) is 0.537. The highest BCUT2D eigenvalue weighted by Crippen LogP contribution is 2.44. The highest BCUT2D eigenvalue weighted by atomic mass is 35.5. The number of H-pyrrole nitrogens is 1. The van der Waals surface area contributed by atoms with Crippen molar-refractivity contribution in [1.29, 1.82) is 0 Å². The van der Waals surface area contributed by atoms with Crippen LogP contribution in [0.4, 0.5) is 5.13 Å². The summed E-state index contributed by atoms with van der Waals surface area (Å²) < 4.78 is 0. The second-order valence-electron chi connectivity index (χ2n) is 7.43. The first kappa shape index (κ1) is 18.3. The van der Waals surface area contributed by atoms with Crippen molar-refractivity contribution in [3.05, 3.63) is 74.6 Å². The van der Waals surface area contributed by atoms with Crippen LogP contribution in [0.2, 0.25) is 5.02 Å². The molecule has 5 rings (SSSR count). The number of nitrogens with one attached hydrogen (secondary N) is 2. The van der Waals surface area contributed by atoms with Gasteiger partial charge in [0.25, 0.3) is 5.56 Å². The van der Waals surface area contributed by atoms with E-state index in [1.54, 1.807) is 12.4 Å². The summed E-state index contributed by atoms with van der Waals surface area (Å²) >= 11 is 7.99. The first-order valence-corrected chi connectivity index (χ1v) is 10.8. The summed E-state index contributed by atoms with van der Waals surface area (Å²) in [5.41, 5.74) is 4.38. The molecule has 1 atom stereocenters. The highest BCUT2D eigenvalue weighted by molar-refractivity contribution is 7.14. The number of pyridine rings is 2. The van der Waals surface area contributed by atoms with Gasteiger partial charge < -0.3 is 10.3 Å². The molecule has 0 radical (unpaired) electrons. The fourth-order valence-electron chi connectivity index (χ4n) is 3.54. The van der Waals surface area contributed by atoms with Crippen molar-refractivity contribution in [3.63, 3.8) is 0 Å². The van der Waals surface area contributed by atoms with E-state index in [1.165, 1.54) is 24.2 Å². The number of thiazole rings is 1. The van der Waals surface area contributed by atoms with Crippen LogP contribution in [-0.2, 0) is 0 Å². The zero-order chi connectivity index (χ0) is 20.0. The van der Waals surface area contributed by atoms with E-state index in [9.17, 15) is 4.79 Å². The van der Waals surface area contributed by atoms with Crippen molar-refractivity contribution >= 4 is 39.0 Å². The molecule has 1 aliphatic carbocycles. The lowest BCUT2D eigenvalue weighted by Crippen LogP contribution is -2.19. The Labute approximate surface area is 176 Å². The van der Waals surface area contributed by atoms with E-state index >= 15 is 0 Å². The number of hydrogen-bond donors (Lipinski definition) is 2. The van der Waals surface area contributed by atoms with Crippen LogP contribution in [-0.4, -0.2) is 15.0 Å². The minimum Gasteiger partial charge on any atom is -0.355 e. The number of rotatable bonds is 5. The van der Waals surface area contributed by atoms with E-state index in [1.807, 2.05) is 42.6 Å². The number of fused-ring (bicyclic) bond motifs is 1. The summed E-state index contributed by atoms with van der Waals surface area (Å²) in [6.45, 7) is 1.96. The SMILES string of the molecule is C[C@H](Nc1nc(-c2cccnc2)cs1)c1cc2cc(Cl)c(C3CC3)cc2[nH]c1=O. The van der Waals surface area contributed by atoms with Gasteiger partial charge >= 0.3 is 0 Å². The van der Waals surface area contributed by atoms with E-state index in [4.69, 9.17) is 11.6 Å². The second kappa shape index (κ2) is 7.28. The molecule has 7 heteroatoms. The number of halogens is 1. The van der Waals surface area contributed by atoms with Gasteiger partial charge in [0.2, 0.25) is 0 Å². The molecule has 4 aromatic rings. The van der Waals surface area contributed by atoms with E-state index in [2.05, 4.69) is 20.3 Å². The molecule has 1 aromatic carbocycles. The Bertz CT molecular complexity index is 1250. The molecular formula is C22H19ClN4OS. The standard InChI is InChI=1S/C22H19ClN4OS/c1-12(25-22-27-20(11-29-22)14-3-2-6-24-10-14)16-7-15-8-18(23)17(13-4-5-13)9-19(15)26-21(16)28/h2-3,6-13H,4-5H2,1H3,(H,25,27)(H,26,28)/t12-/m0/s1. The Kier molecular flexibility index (Phi) is 4.60. The normalized spacial score (nSPS) is 14.8. The molecule has 2 N–H and O–H groups in total. The van der Waals surface area contributed by atoms with Gasteiger partial charge in [-0.1, -0.05) is 11.6 Å². The van der Waals surface area contributed by atoms with Gasteiger partial charge in [0.1, 0.15) is 0 Å². The quantitative estimate of drug-likeness (QED) is 0.429. The Balaban J connectivity index is 1.43. The van der Waals surface area contributed by atoms with Crippen LogP contribution in [0, 0.1) is 0 Å². The lowest BCUT2D eigenvalue weighted by molar-refractivity contribution is 0.863. The molecule has 29 heavy (non-hydrogen) atoms. The Hall–Kier alpha value is -2.70. The van der Waals surface area contributed by atoms with E-state index in [0.717, 1.165) is 37.9 Å². The van der Waals surface area contributed by atoms with Gasteiger partial charge in [-0.2, -0.15) is 0 Å². The Morgan fingerprint density at radius 3 is 2.93 bits per heavy atom. The predicted octanol–water partition coefficient (Wildman–Crippen LogP) is 5.75. The first-order chi connectivity index (χ1) is 14.1. The van der Waals surface area contributed by atoms with Crippen molar-refractivity contribution in [2.24, 2.45) is 0 Å². The van der Waals surface area contributed by atoms with E-state index in [0.29, 0.717) is 11.5 Å². The molecule has 0 saturated heterocycles. The fraction of sp³-hybridized carbons (Fsp3) is 0.227. The number of hydrogen-bond acceptors (Lipinski definition) is 5. The summed E-state index contributed by atoms with van der Waals surface area (Å²) in [6.07, 6.45) is 5.87. The number of aromatic nitrogens is 3. The lowest BCUT2D eigenvalue weighted by atomic mass is 10.0. The molecular weight excluding hydrogens is 404 g/mol. The predicted molar refractivity (Wildman–Crippen MR) is 119 cm³/mol. The lowest BCUT2D eigenvalue weighted by Gasteiger charge is -2.14. The second-order valence-corrected chi connectivity index (χ2v) is 8.70. The number of benzene rings is 1. The molecule has 3 aromatic heterocycles. The van der Waals surface area contributed by atoms with Crippen LogP contribution >= 0.6 is 22.9 Å². The summed E-state index contributed by atoms with van der Waals surface area (Å²) in [4.78, 5) is 24.5. The average Bonchev–Trinajstić information content (AvgIpc) is 3.46. The molecule has 0 aliphatic heterocycles. The van der Waals surface area contributed by atoms with Crippen molar-refractivity contribution in [3.8, 4) is 11.3 Å². The molecule has 1 aliphatic rings. The van der Waals surface area contributed by atoms with Crippen molar-refractivity contribution in [2.75, 3.05) is 5.32 Å². The average molecular weight is 423 g/mol. The molecule has 1 fully saturated rings. The fourth-order valence-corrected chi connectivity index (χ4v) is 4.67. The topological polar surface area (TPSA) is 70.7 Å².